The summed E-state index contributed by atoms with van der Waals surface area (Å²) in [6, 6.07) is -5.24. The van der Waals surface area contributed by atoms with E-state index in [9.17, 15) is 78.3 Å². The van der Waals surface area contributed by atoms with E-state index in [2.05, 4.69) is 42.5 Å². The zero-order valence-electron chi connectivity index (χ0n) is 42.3. The monoisotopic (exact) mass is 1050 g/mol. The standard InChI is InChI=1S/C47H75N9O16S/c1-8-25(5)37(46(70)56-38(47(71)72)26(6)9-2)55-45(69)34(23-58)54-43(67)32(21-36(61)62)52-40(64)29(15-16-35(59)60)49-41(65)30(19-24(3)4)51-44(68)33(22-57)53-42(66)31(20-27-13-11-10-12-14-27)50-39(63)28(48)17-18-73-7/h10-14,24-26,28-34,37-38,57-58H,8-9,15-23,48H2,1-7H3,(H,49,65)(H,50,63)(H,51,68)(H,52,64)(H,53,66)(H,54,67)(H,55,69)(H,56,70)(H,59,60)(H,61,62)(H,71,72)/t25-,26-,28-,29-,30-,31-,32-,33-,34-,37-,38-/m0/s1. The molecule has 0 saturated heterocycles. The van der Waals surface area contributed by atoms with Gasteiger partial charge in [0, 0.05) is 12.8 Å². The molecule has 73 heavy (non-hydrogen) atoms. The van der Waals surface area contributed by atoms with Crippen molar-refractivity contribution in [1.29, 1.82) is 0 Å². The number of amides is 8. The lowest BCUT2D eigenvalue weighted by Crippen LogP contribution is -2.62. The summed E-state index contributed by atoms with van der Waals surface area (Å²) in [7, 11) is 0. The van der Waals surface area contributed by atoms with Crippen molar-refractivity contribution in [2.24, 2.45) is 23.5 Å². The van der Waals surface area contributed by atoms with Crippen LogP contribution < -0.4 is 48.3 Å². The summed E-state index contributed by atoms with van der Waals surface area (Å²) < 4.78 is 0. The van der Waals surface area contributed by atoms with Crippen LogP contribution in [0.4, 0.5) is 0 Å². The SMILES string of the molecule is CC[C@H](C)[C@H](NC(=O)[C@@H](NC(=O)[C@H](CO)NC(=O)[C@H](CC(=O)O)NC(=O)[C@H](CCC(=O)O)NC(=O)[C@H](CC(C)C)NC(=O)[C@H](CO)NC(=O)[C@H](Cc1ccccc1)NC(=O)[C@@H](N)CCSC)[C@@H](C)CC)C(=O)O. The van der Waals surface area contributed by atoms with E-state index in [0.717, 1.165) is 0 Å². The summed E-state index contributed by atoms with van der Waals surface area (Å²) >= 11 is 1.47. The Morgan fingerprint density at radius 3 is 1.47 bits per heavy atom. The Hall–Kier alpha value is -6.38. The summed E-state index contributed by atoms with van der Waals surface area (Å²) in [5, 5.41) is 68.1. The van der Waals surface area contributed by atoms with Crippen molar-refractivity contribution in [1.82, 2.24) is 42.5 Å². The van der Waals surface area contributed by atoms with Crippen LogP contribution in [0.1, 0.15) is 92.1 Å². The van der Waals surface area contributed by atoms with Crippen LogP contribution in [0.3, 0.4) is 0 Å². The lowest BCUT2D eigenvalue weighted by atomic mass is 9.95. The number of aliphatic hydroxyl groups is 2. The molecule has 0 aliphatic rings. The molecule has 0 aliphatic carbocycles. The molecule has 0 radical (unpaired) electrons. The van der Waals surface area contributed by atoms with Crippen molar-refractivity contribution in [2.75, 3.05) is 25.2 Å². The number of thioether (sulfide) groups is 1. The number of rotatable bonds is 35. The van der Waals surface area contributed by atoms with Crippen molar-refractivity contribution < 1.29 is 78.3 Å². The zero-order chi connectivity index (χ0) is 55.5. The molecule has 410 valence electrons. The molecule has 0 aliphatic heterocycles. The van der Waals surface area contributed by atoms with Gasteiger partial charge in [-0.2, -0.15) is 11.8 Å². The van der Waals surface area contributed by atoms with E-state index in [-0.39, 0.29) is 18.8 Å². The number of nitrogens with two attached hydrogens (primary N) is 1. The van der Waals surface area contributed by atoms with E-state index in [4.69, 9.17) is 5.73 Å². The number of hydrogen-bond donors (Lipinski definition) is 14. The summed E-state index contributed by atoms with van der Waals surface area (Å²) in [4.78, 5) is 144. The molecule has 0 saturated carbocycles. The summed E-state index contributed by atoms with van der Waals surface area (Å²) in [6.07, 6.45) is 0.151. The number of carbonyl (C=O) groups is 11. The number of hydrogen-bond acceptors (Lipinski definition) is 15. The van der Waals surface area contributed by atoms with Crippen molar-refractivity contribution in [2.45, 2.75) is 147 Å². The predicted octanol–water partition coefficient (Wildman–Crippen LogP) is -2.27. The molecule has 1 aromatic carbocycles. The molecular formula is C47H75N9O16S. The maximum absolute atomic E-state index is 13.9. The van der Waals surface area contributed by atoms with Gasteiger partial charge in [-0.25, -0.2) is 4.79 Å². The Bertz CT molecular complexity index is 2030. The number of aliphatic hydroxyl groups excluding tert-OH is 2. The second-order valence-electron chi connectivity index (χ2n) is 18.1. The van der Waals surface area contributed by atoms with E-state index in [0.29, 0.717) is 30.6 Å². The van der Waals surface area contributed by atoms with Crippen LogP contribution >= 0.6 is 11.8 Å². The lowest BCUT2D eigenvalue weighted by molar-refractivity contribution is -0.144. The van der Waals surface area contributed by atoms with Crippen LogP contribution in [0.15, 0.2) is 30.3 Å². The number of carboxylic acid groups (broad SMARTS) is 3. The highest BCUT2D eigenvalue weighted by Crippen LogP contribution is 2.14. The van der Waals surface area contributed by atoms with Crippen LogP contribution in [0, 0.1) is 17.8 Å². The third-order valence-electron chi connectivity index (χ3n) is 11.7. The fraction of sp³-hybridized carbons (Fsp3) is 0.638. The Morgan fingerprint density at radius 1 is 0.534 bits per heavy atom. The molecule has 11 atom stereocenters. The van der Waals surface area contributed by atoms with Crippen LogP contribution in [-0.2, 0) is 59.2 Å². The topological polar surface area (TPSA) is 411 Å². The van der Waals surface area contributed by atoms with Crippen molar-refractivity contribution >= 4 is 76.9 Å². The second-order valence-corrected chi connectivity index (χ2v) is 19.0. The maximum atomic E-state index is 13.9. The molecule has 25 nitrogen and oxygen atoms in total. The van der Waals surface area contributed by atoms with E-state index in [1.54, 1.807) is 71.9 Å². The van der Waals surface area contributed by atoms with E-state index in [1.165, 1.54) is 11.8 Å². The summed E-state index contributed by atoms with van der Waals surface area (Å²) in [6.45, 7) is 7.84. The van der Waals surface area contributed by atoms with Gasteiger partial charge in [0.1, 0.15) is 48.3 Å². The number of benzene rings is 1. The molecule has 1 aromatic rings. The van der Waals surface area contributed by atoms with Gasteiger partial charge in [0.15, 0.2) is 0 Å². The molecule has 0 spiro atoms. The highest BCUT2D eigenvalue weighted by molar-refractivity contribution is 7.98. The fourth-order valence-electron chi connectivity index (χ4n) is 6.97. The second kappa shape index (κ2) is 33.4. The van der Waals surface area contributed by atoms with Gasteiger partial charge in [-0.05, 0) is 54.6 Å². The molecule has 0 unspecified atom stereocenters. The largest absolute Gasteiger partial charge is 0.481 e. The highest BCUT2D eigenvalue weighted by Gasteiger charge is 2.37. The molecule has 0 bridgehead atoms. The Labute approximate surface area is 428 Å². The maximum Gasteiger partial charge on any atom is 0.326 e. The van der Waals surface area contributed by atoms with Crippen molar-refractivity contribution in [3.63, 3.8) is 0 Å². The summed E-state index contributed by atoms with van der Waals surface area (Å²) in [5.41, 5.74) is 6.67. The normalized spacial score (nSPS) is 15.7. The minimum absolute atomic E-state index is 0.0343. The van der Waals surface area contributed by atoms with E-state index < -0.39 is 164 Å². The molecule has 0 aromatic heterocycles. The Balaban J connectivity index is 3.39. The Morgan fingerprint density at radius 2 is 0.973 bits per heavy atom. The number of aliphatic carboxylic acids is 3. The van der Waals surface area contributed by atoms with Gasteiger partial charge in [0.25, 0.3) is 0 Å². The average Bonchev–Trinajstić information content (AvgIpc) is 3.34. The minimum Gasteiger partial charge on any atom is -0.481 e. The third kappa shape index (κ3) is 23.4. The van der Waals surface area contributed by atoms with E-state index >= 15 is 0 Å². The first-order valence-electron chi connectivity index (χ1n) is 23.9. The predicted molar refractivity (Wildman–Crippen MR) is 266 cm³/mol. The molecular weight excluding hydrogens is 979 g/mol. The molecule has 0 heterocycles. The minimum atomic E-state index is -2.03. The average molecular weight is 1050 g/mol. The zero-order valence-corrected chi connectivity index (χ0v) is 43.1. The van der Waals surface area contributed by atoms with Crippen molar-refractivity contribution in [3.05, 3.63) is 35.9 Å². The molecule has 26 heteroatoms. The van der Waals surface area contributed by atoms with Crippen LogP contribution in [-0.4, -0.2) is 170 Å². The Kier molecular flexibility index (Phi) is 29.5. The number of nitrogens with one attached hydrogen (secondary N) is 8. The smallest absolute Gasteiger partial charge is 0.326 e. The lowest BCUT2D eigenvalue weighted by Gasteiger charge is -2.29. The highest BCUT2D eigenvalue weighted by atomic mass is 32.2. The first kappa shape index (κ1) is 64.6. The van der Waals surface area contributed by atoms with Gasteiger partial charge in [-0.15, -0.1) is 0 Å². The first-order valence-corrected chi connectivity index (χ1v) is 25.3. The van der Waals surface area contributed by atoms with E-state index in [1.807, 2.05) is 6.26 Å². The van der Waals surface area contributed by atoms with Crippen molar-refractivity contribution in [3.8, 4) is 0 Å². The molecule has 15 N–H and O–H groups in total. The van der Waals surface area contributed by atoms with Gasteiger partial charge in [-0.3, -0.25) is 47.9 Å². The van der Waals surface area contributed by atoms with Gasteiger partial charge in [0.05, 0.1) is 25.7 Å². The summed E-state index contributed by atoms with van der Waals surface area (Å²) in [5.74, 6) is -13.6. The van der Waals surface area contributed by atoms with Gasteiger partial charge >= 0.3 is 17.9 Å². The molecule has 1 rings (SSSR count). The van der Waals surface area contributed by atoms with Crippen LogP contribution in [0.25, 0.3) is 0 Å². The number of carbonyl (C=O) groups excluding carboxylic acids is 8. The quantitative estimate of drug-likeness (QED) is 0.0341. The van der Waals surface area contributed by atoms with Gasteiger partial charge in [-0.1, -0.05) is 84.7 Å². The van der Waals surface area contributed by atoms with Gasteiger partial charge in [0.2, 0.25) is 47.3 Å². The fourth-order valence-corrected chi connectivity index (χ4v) is 7.46. The molecule has 8 amide bonds. The number of carboxylic acids is 3. The third-order valence-corrected chi connectivity index (χ3v) is 12.4. The molecule has 0 fully saturated rings. The van der Waals surface area contributed by atoms with Gasteiger partial charge < -0.3 is 73.8 Å². The first-order chi connectivity index (χ1) is 34.3. The van der Waals surface area contributed by atoms with Crippen LogP contribution in [0.5, 0.6) is 0 Å². The van der Waals surface area contributed by atoms with Crippen LogP contribution in [0.2, 0.25) is 0 Å².